The first-order valence-corrected chi connectivity index (χ1v) is 6.64. The summed E-state index contributed by atoms with van der Waals surface area (Å²) in [5.41, 5.74) is 2.19. The summed E-state index contributed by atoms with van der Waals surface area (Å²) >= 11 is 9.57. The van der Waals surface area contributed by atoms with E-state index in [-0.39, 0.29) is 16.5 Å². The van der Waals surface area contributed by atoms with Crippen LogP contribution in [0.25, 0.3) is 0 Å². The summed E-state index contributed by atoms with van der Waals surface area (Å²) in [6, 6.07) is 5.80. The van der Waals surface area contributed by atoms with E-state index in [4.69, 9.17) is 11.6 Å². The number of Topliss-reactive ketones (excluding diaryl/α,β-unsaturated/α-hetero) is 1. The molecule has 1 rings (SSSR count). The maximum atomic E-state index is 11.8. The van der Waals surface area contributed by atoms with Gasteiger partial charge in [-0.3, -0.25) is 4.79 Å². The van der Waals surface area contributed by atoms with Crippen molar-refractivity contribution in [1.82, 2.24) is 0 Å². The van der Waals surface area contributed by atoms with Crippen molar-refractivity contribution in [2.24, 2.45) is 5.92 Å². The number of ketones is 1. The maximum Gasteiger partial charge on any atom is 0.149 e. The number of alkyl halides is 1. The number of carbonyl (C=O) groups is 1. The Kier molecular flexibility index (Phi) is 5.00. The molecule has 0 saturated heterocycles. The summed E-state index contributed by atoms with van der Waals surface area (Å²) in [6.07, 6.45) is 0.655. The first kappa shape index (κ1) is 13.7. The Morgan fingerprint density at radius 3 is 2.56 bits per heavy atom. The number of rotatable bonds is 4. The standard InChI is InChI=1S/C13H16BrClO/c1-8(2)13(16)11(14)7-10-9(3)5-4-6-12(10)15/h4-6,8,11H,7H2,1-3H3. The number of halogens is 2. The summed E-state index contributed by atoms with van der Waals surface area (Å²) < 4.78 is 0. The number of hydrogen-bond donors (Lipinski definition) is 0. The minimum absolute atomic E-state index is 0.0483. The smallest absolute Gasteiger partial charge is 0.149 e. The minimum atomic E-state index is -0.147. The molecular formula is C13H16BrClO. The molecule has 0 aliphatic heterocycles. The third-order valence-corrected chi connectivity index (χ3v) is 3.74. The molecule has 88 valence electrons. The van der Waals surface area contributed by atoms with Crippen molar-refractivity contribution in [3.05, 3.63) is 34.3 Å². The van der Waals surface area contributed by atoms with Crippen LogP contribution in [0, 0.1) is 12.8 Å². The lowest BCUT2D eigenvalue weighted by Crippen LogP contribution is -2.22. The Morgan fingerprint density at radius 1 is 1.44 bits per heavy atom. The van der Waals surface area contributed by atoms with Gasteiger partial charge in [-0.25, -0.2) is 0 Å². The molecular weight excluding hydrogens is 287 g/mol. The first-order valence-electron chi connectivity index (χ1n) is 5.35. The van der Waals surface area contributed by atoms with Crippen molar-refractivity contribution in [2.75, 3.05) is 0 Å². The fourth-order valence-electron chi connectivity index (χ4n) is 1.57. The average Bonchev–Trinajstić information content (AvgIpc) is 2.22. The van der Waals surface area contributed by atoms with Crippen molar-refractivity contribution < 1.29 is 4.79 Å². The Balaban J connectivity index is 2.85. The Bertz CT molecular complexity index is 367. The topological polar surface area (TPSA) is 17.1 Å². The molecule has 1 unspecified atom stereocenters. The predicted molar refractivity (Wildman–Crippen MR) is 72.5 cm³/mol. The second-order valence-corrected chi connectivity index (χ2v) is 5.78. The van der Waals surface area contributed by atoms with Crippen LogP contribution in [-0.4, -0.2) is 10.6 Å². The lowest BCUT2D eigenvalue weighted by molar-refractivity contribution is -0.121. The van der Waals surface area contributed by atoms with Gasteiger partial charge in [-0.1, -0.05) is 53.5 Å². The molecule has 1 aromatic rings. The van der Waals surface area contributed by atoms with Gasteiger partial charge >= 0.3 is 0 Å². The molecule has 0 saturated carbocycles. The van der Waals surface area contributed by atoms with Gasteiger partial charge in [-0.05, 0) is 30.5 Å². The highest BCUT2D eigenvalue weighted by atomic mass is 79.9. The van der Waals surface area contributed by atoms with Crippen LogP contribution < -0.4 is 0 Å². The number of benzene rings is 1. The van der Waals surface area contributed by atoms with Gasteiger partial charge in [0.05, 0.1) is 4.83 Å². The molecule has 3 heteroatoms. The zero-order valence-electron chi connectivity index (χ0n) is 9.76. The van der Waals surface area contributed by atoms with Gasteiger partial charge in [0, 0.05) is 10.9 Å². The SMILES string of the molecule is Cc1cccc(Cl)c1CC(Br)C(=O)C(C)C. The Hall–Kier alpha value is -0.340. The van der Waals surface area contributed by atoms with E-state index in [1.165, 1.54) is 0 Å². The van der Waals surface area contributed by atoms with E-state index in [1.54, 1.807) is 0 Å². The lowest BCUT2D eigenvalue weighted by Gasteiger charge is -2.14. The van der Waals surface area contributed by atoms with Crippen molar-refractivity contribution in [3.8, 4) is 0 Å². The molecule has 0 aromatic heterocycles. The molecule has 0 amide bonds. The molecule has 1 aromatic carbocycles. The van der Waals surface area contributed by atoms with E-state index >= 15 is 0 Å². The quantitative estimate of drug-likeness (QED) is 0.763. The van der Waals surface area contributed by atoms with E-state index < -0.39 is 0 Å². The van der Waals surface area contributed by atoms with Gasteiger partial charge < -0.3 is 0 Å². The molecule has 0 heterocycles. The molecule has 16 heavy (non-hydrogen) atoms. The van der Waals surface area contributed by atoms with Gasteiger partial charge in [0.2, 0.25) is 0 Å². The van der Waals surface area contributed by atoms with Crippen molar-refractivity contribution in [2.45, 2.75) is 32.0 Å². The molecule has 0 bridgehead atoms. The molecule has 0 aliphatic rings. The molecule has 1 nitrogen and oxygen atoms in total. The monoisotopic (exact) mass is 302 g/mol. The van der Waals surface area contributed by atoms with E-state index in [9.17, 15) is 4.79 Å². The van der Waals surface area contributed by atoms with Gasteiger partial charge in [0.1, 0.15) is 5.78 Å². The molecule has 0 radical (unpaired) electrons. The van der Waals surface area contributed by atoms with E-state index in [2.05, 4.69) is 15.9 Å². The number of hydrogen-bond acceptors (Lipinski definition) is 1. The van der Waals surface area contributed by atoms with Crippen LogP contribution in [0.3, 0.4) is 0 Å². The Morgan fingerprint density at radius 2 is 2.06 bits per heavy atom. The van der Waals surface area contributed by atoms with Crippen LogP contribution in [-0.2, 0) is 11.2 Å². The van der Waals surface area contributed by atoms with Crippen LogP contribution in [0.15, 0.2) is 18.2 Å². The minimum Gasteiger partial charge on any atom is -0.298 e. The second-order valence-electron chi connectivity index (χ2n) is 4.26. The van der Waals surface area contributed by atoms with Crippen LogP contribution in [0.4, 0.5) is 0 Å². The maximum absolute atomic E-state index is 11.8. The second kappa shape index (κ2) is 5.83. The average molecular weight is 304 g/mol. The van der Waals surface area contributed by atoms with Crippen molar-refractivity contribution >= 4 is 33.3 Å². The van der Waals surface area contributed by atoms with Crippen LogP contribution >= 0.6 is 27.5 Å². The molecule has 0 fully saturated rings. The zero-order valence-corrected chi connectivity index (χ0v) is 12.1. The van der Waals surface area contributed by atoms with Crippen LogP contribution in [0.2, 0.25) is 5.02 Å². The molecule has 1 atom stereocenters. The highest BCUT2D eigenvalue weighted by Gasteiger charge is 2.20. The molecule has 0 aliphatic carbocycles. The van der Waals surface area contributed by atoms with E-state index in [0.29, 0.717) is 6.42 Å². The van der Waals surface area contributed by atoms with Crippen LogP contribution in [0.1, 0.15) is 25.0 Å². The third-order valence-electron chi connectivity index (χ3n) is 2.61. The zero-order chi connectivity index (χ0) is 12.3. The first-order chi connectivity index (χ1) is 7.43. The summed E-state index contributed by atoms with van der Waals surface area (Å²) in [6.45, 7) is 5.84. The summed E-state index contributed by atoms with van der Waals surface area (Å²) in [7, 11) is 0. The predicted octanol–water partition coefficient (Wildman–Crippen LogP) is 4.18. The van der Waals surface area contributed by atoms with Gasteiger partial charge in [-0.15, -0.1) is 0 Å². The normalized spacial score (nSPS) is 12.9. The van der Waals surface area contributed by atoms with Crippen molar-refractivity contribution in [1.29, 1.82) is 0 Å². The van der Waals surface area contributed by atoms with Crippen LogP contribution in [0.5, 0.6) is 0 Å². The highest BCUT2D eigenvalue weighted by molar-refractivity contribution is 9.10. The fraction of sp³-hybridized carbons (Fsp3) is 0.462. The molecule has 0 N–H and O–H groups in total. The lowest BCUT2D eigenvalue weighted by atomic mass is 9.98. The van der Waals surface area contributed by atoms with Gasteiger partial charge in [-0.2, -0.15) is 0 Å². The highest BCUT2D eigenvalue weighted by Crippen LogP contribution is 2.24. The fourth-order valence-corrected chi connectivity index (χ4v) is 2.72. The van der Waals surface area contributed by atoms with Crippen molar-refractivity contribution in [3.63, 3.8) is 0 Å². The summed E-state index contributed by atoms with van der Waals surface area (Å²) in [5.74, 6) is 0.270. The van der Waals surface area contributed by atoms with E-state index in [1.807, 2.05) is 39.0 Å². The largest absolute Gasteiger partial charge is 0.298 e. The number of carbonyl (C=O) groups excluding carboxylic acids is 1. The summed E-state index contributed by atoms with van der Waals surface area (Å²) in [5, 5.41) is 0.737. The summed E-state index contributed by atoms with van der Waals surface area (Å²) in [4.78, 5) is 11.6. The third kappa shape index (κ3) is 3.33. The number of aryl methyl sites for hydroxylation is 1. The molecule has 0 spiro atoms. The Labute approximate surface area is 110 Å². The van der Waals surface area contributed by atoms with E-state index in [0.717, 1.165) is 16.1 Å². The van der Waals surface area contributed by atoms with Gasteiger partial charge in [0.25, 0.3) is 0 Å². The van der Waals surface area contributed by atoms with Gasteiger partial charge in [0.15, 0.2) is 0 Å².